The van der Waals surface area contributed by atoms with E-state index < -0.39 is 0 Å². The first-order valence-corrected chi connectivity index (χ1v) is 5.81. The van der Waals surface area contributed by atoms with Crippen LogP contribution in [0.5, 0.6) is 0 Å². The number of nitrogens with zero attached hydrogens (tertiary/aromatic N) is 2. The zero-order valence-corrected chi connectivity index (χ0v) is 10.3. The van der Waals surface area contributed by atoms with Gasteiger partial charge >= 0.3 is 0 Å². The number of rotatable bonds is 1. The van der Waals surface area contributed by atoms with E-state index in [9.17, 15) is 4.79 Å². The predicted octanol–water partition coefficient (Wildman–Crippen LogP) is 1.99. The molecule has 16 heavy (non-hydrogen) atoms. The number of likely N-dealkylation sites (N-methyl/N-ethyl adjacent to an activating group) is 1. The van der Waals surface area contributed by atoms with Gasteiger partial charge in [0, 0.05) is 18.8 Å². The topological polar surface area (TPSA) is 23.6 Å². The van der Waals surface area contributed by atoms with E-state index in [4.69, 9.17) is 0 Å². The smallest absolute Gasteiger partial charge is 0.241 e. The summed E-state index contributed by atoms with van der Waals surface area (Å²) >= 11 is 0. The fourth-order valence-corrected chi connectivity index (χ4v) is 1.67. The maximum absolute atomic E-state index is 11.7. The Hall–Kier alpha value is -1.35. The molecule has 1 aromatic rings. The minimum absolute atomic E-state index is 0.185. The van der Waals surface area contributed by atoms with Gasteiger partial charge in [0.1, 0.15) is 0 Å². The average molecular weight is 220 g/mol. The second-order valence-electron chi connectivity index (χ2n) is 3.62. The van der Waals surface area contributed by atoms with Gasteiger partial charge in [0.15, 0.2) is 0 Å². The fraction of sp³-hybridized carbons (Fsp3) is 0.462. The van der Waals surface area contributed by atoms with Crippen LogP contribution in [0, 0.1) is 0 Å². The minimum Gasteiger partial charge on any atom is -0.310 e. The molecule has 1 aromatic carbocycles. The molecule has 1 saturated heterocycles. The summed E-state index contributed by atoms with van der Waals surface area (Å²) in [4.78, 5) is 15.6. The Morgan fingerprint density at radius 1 is 1.06 bits per heavy atom. The van der Waals surface area contributed by atoms with Crippen molar-refractivity contribution in [2.24, 2.45) is 0 Å². The van der Waals surface area contributed by atoms with E-state index in [0.717, 1.165) is 18.8 Å². The van der Waals surface area contributed by atoms with Gasteiger partial charge in [0.25, 0.3) is 0 Å². The Bertz CT molecular complexity index is 324. The number of para-hydroxylation sites is 1. The van der Waals surface area contributed by atoms with E-state index in [1.165, 1.54) is 0 Å². The molecule has 3 heteroatoms. The van der Waals surface area contributed by atoms with Gasteiger partial charge in [-0.2, -0.15) is 0 Å². The molecular formula is C13H20N2O. The zero-order valence-electron chi connectivity index (χ0n) is 10.3. The van der Waals surface area contributed by atoms with Crippen LogP contribution in [-0.4, -0.2) is 37.5 Å². The maximum atomic E-state index is 11.7. The minimum atomic E-state index is 0.185. The Labute approximate surface area is 97.7 Å². The summed E-state index contributed by atoms with van der Waals surface area (Å²) in [7, 11) is 1.97. The lowest BCUT2D eigenvalue weighted by Gasteiger charge is -2.32. The molecule has 0 spiro atoms. The van der Waals surface area contributed by atoms with E-state index in [-0.39, 0.29) is 5.91 Å². The molecule has 1 amide bonds. The van der Waals surface area contributed by atoms with Crippen LogP contribution < -0.4 is 4.90 Å². The highest BCUT2D eigenvalue weighted by molar-refractivity contribution is 5.95. The van der Waals surface area contributed by atoms with E-state index in [2.05, 4.69) is 0 Å². The molecule has 1 aliphatic heterocycles. The van der Waals surface area contributed by atoms with E-state index >= 15 is 0 Å². The molecule has 1 fully saturated rings. The summed E-state index contributed by atoms with van der Waals surface area (Å²) in [6.45, 7) is 6.26. The van der Waals surface area contributed by atoms with Crippen LogP contribution in [0.25, 0.3) is 0 Å². The molecule has 0 radical (unpaired) electrons. The molecular weight excluding hydrogens is 200 g/mol. The Kier molecular flexibility index (Phi) is 4.99. The number of carbonyl (C=O) groups is 1. The first kappa shape index (κ1) is 12.7. The lowest BCUT2D eigenvalue weighted by Crippen LogP contribution is -2.48. The van der Waals surface area contributed by atoms with Gasteiger partial charge in [-0.05, 0) is 19.2 Å². The third-order valence-electron chi connectivity index (χ3n) is 2.48. The van der Waals surface area contributed by atoms with Gasteiger partial charge in [-0.15, -0.1) is 0 Å². The first-order valence-electron chi connectivity index (χ1n) is 5.81. The van der Waals surface area contributed by atoms with Crippen LogP contribution >= 0.6 is 0 Å². The quantitative estimate of drug-likeness (QED) is 0.722. The van der Waals surface area contributed by atoms with Crippen LogP contribution in [0.3, 0.4) is 0 Å². The van der Waals surface area contributed by atoms with E-state index in [0.29, 0.717) is 6.54 Å². The lowest BCUT2D eigenvalue weighted by atomic mass is 10.2. The SMILES string of the molecule is CC.CN1CCN(c2ccccc2)C(=O)C1. The second-order valence-corrected chi connectivity index (χ2v) is 3.62. The summed E-state index contributed by atoms with van der Waals surface area (Å²) in [5.41, 5.74) is 1.01. The molecule has 0 atom stereocenters. The van der Waals surface area contributed by atoms with Crippen LogP contribution in [0.2, 0.25) is 0 Å². The average Bonchev–Trinajstić information content (AvgIpc) is 2.33. The van der Waals surface area contributed by atoms with Crippen molar-refractivity contribution in [2.45, 2.75) is 13.8 Å². The Morgan fingerprint density at radius 3 is 2.25 bits per heavy atom. The second kappa shape index (κ2) is 6.28. The highest BCUT2D eigenvalue weighted by Crippen LogP contribution is 2.15. The number of amides is 1. The number of carbonyl (C=O) groups excluding carboxylic acids is 1. The maximum Gasteiger partial charge on any atom is 0.241 e. The van der Waals surface area contributed by atoms with Crippen molar-refractivity contribution in [3.8, 4) is 0 Å². The predicted molar refractivity (Wildman–Crippen MR) is 67.6 cm³/mol. The standard InChI is InChI=1S/C11H14N2O.C2H6/c1-12-7-8-13(11(14)9-12)10-5-3-2-4-6-10;1-2/h2-6H,7-9H2,1H3;1-2H3. The van der Waals surface area contributed by atoms with Crippen molar-refractivity contribution in [1.29, 1.82) is 0 Å². The van der Waals surface area contributed by atoms with Crippen molar-refractivity contribution in [1.82, 2.24) is 4.90 Å². The van der Waals surface area contributed by atoms with Gasteiger partial charge in [-0.3, -0.25) is 9.69 Å². The summed E-state index contributed by atoms with van der Waals surface area (Å²) < 4.78 is 0. The van der Waals surface area contributed by atoms with Crippen molar-refractivity contribution in [3.05, 3.63) is 30.3 Å². The van der Waals surface area contributed by atoms with Crippen molar-refractivity contribution < 1.29 is 4.79 Å². The molecule has 1 heterocycles. The third kappa shape index (κ3) is 3.07. The lowest BCUT2D eigenvalue weighted by molar-refractivity contribution is -0.120. The van der Waals surface area contributed by atoms with Gasteiger partial charge < -0.3 is 4.90 Å². The first-order chi connectivity index (χ1) is 7.77. The zero-order chi connectivity index (χ0) is 12.0. The molecule has 2 rings (SSSR count). The van der Waals surface area contributed by atoms with Gasteiger partial charge in [-0.25, -0.2) is 0 Å². The molecule has 0 aromatic heterocycles. The molecule has 0 aliphatic carbocycles. The summed E-state index contributed by atoms with van der Waals surface area (Å²) in [5, 5.41) is 0. The van der Waals surface area contributed by atoms with Crippen LogP contribution in [0.4, 0.5) is 5.69 Å². The van der Waals surface area contributed by atoms with Crippen molar-refractivity contribution >= 4 is 11.6 Å². The molecule has 0 saturated carbocycles. The van der Waals surface area contributed by atoms with Crippen molar-refractivity contribution in [2.75, 3.05) is 31.6 Å². The van der Waals surface area contributed by atoms with E-state index in [1.807, 2.05) is 61.0 Å². The number of hydrogen-bond acceptors (Lipinski definition) is 2. The molecule has 1 aliphatic rings. The van der Waals surface area contributed by atoms with Gasteiger partial charge in [0.05, 0.1) is 6.54 Å². The Morgan fingerprint density at radius 2 is 1.69 bits per heavy atom. The monoisotopic (exact) mass is 220 g/mol. The third-order valence-corrected chi connectivity index (χ3v) is 2.48. The summed E-state index contributed by atoms with van der Waals surface area (Å²) in [6, 6.07) is 9.83. The number of benzene rings is 1. The highest BCUT2D eigenvalue weighted by atomic mass is 16.2. The summed E-state index contributed by atoms with van der Waals surface area (Å²) in [6.07, 6.45) is 0. The molecule has 0 N–H and O–H groups in total. The molecule has 3 nitrogen and oxygen atoms in total. The summed E-state index contributed by atoms with van der Waals surface area (Å²) in [5.74, 6) is 0.185. The molecule has 88 valence electrons. The molecule has 0 bridgehead atoms. The van der Waals surface area contributed by atoms with Crippen LogP contribution in [-0.2, 0) is 4.79 Å². The van der Waals surface area contributed by atoms with E-state index in [1.54, 1.807) is 0 Å². The number of hydrogen-bond donors (Lipinski definition) is 0. The number of anilines is 1. The van der Waals surface area contributed by atoms with Crippen LogP contribution in [0.15, 0.2) is 30.3 Å². The Balaban J connectivity index is 0.000000606. The fourth-order valence-electron chi connectivity index (χ4n) is 1.67. The number of piperazine rings is 1. The molecule has 0 unspecified atom stereocenters. The van der Waals surface area contributed by atoms with Gasteiger partial charge in [-0.1, -0.05) is 32.0 Å². The van der Waals surface area contributed by atoms with Gasteiger partial charge in [0.2, 0.25) is 5.91 Å². The largest absolute Gasteiger partial charge is 0.310 e. The van der Waals surface area contributed by atoms with Crippen LogP contribution in [0.1, 0.15) is 13.8 Å². The normalized spacial score (nSPS) is 16.7. The van der Waals surface area contributed by atoms with Crippen molar-refractivity contribution in [3.63, 3.8) is 0 Å². The highest BCUT2D eigenvalue weighted by Gasteiger charge is 2.22.